The molecule has 3 rings (SSSR count). The van der Waals surface area contributed by atoms with Crippen molar-refractivity contribution in [2.45, 2.75) is 26.2 Å². The smallest absolute Gasteiger partial charge is 0.212 e. The highest BCUT2D eigenvalue weighted by atomic mass is 14.9. The molecule has 1 fully saturated rings. The summed E-state index contributed by atoms with van der Waals surface area (Å²) in [5, 5.41) is 4.77. The Morgan fingerprint density at radius 1 is 1.22 bits per heavy atom. The fourth-order valence-corrected chi connectivity index (χ4v) is 2.60. The van der Waals surface area contributed by atoms with Gasteiger partial charge in [-0.2, -0.15) is 0 Å². The first kappa shape index (κ1) is 13.0. The van der Waals surface area contributed by atoms with Gasteiger partial charge in [0.2, 0.25) is 5.52 Å². The molecule has 1 aliphatic heterocycles. The number of fused-ring (bicyclic) bond motifs is 1. The van der Waals surface area contributed by atoms with E-state index < -0.39 is 0 Å². The molecule has 1 N–H and O–H groups in total. The van der Waals surface area contributed by atoms with Crippen LogP contribution < -0.4 is 9.88 Å². The third-order valence-electron chi connectivity index (χ3n) is 3.51. The summed E-state index contributed by atoms with van der Waals surface area (Å²) in [6.45, 7) is 6.28. The zero-order valence-electron chi connectivity index (χ0n) is 11.6. The number of benzene rings is 1. The van der Waals surface area contributed by atoms with Gasteiger partial charge in [-0.25, -0.2) is 4.57 Å². The molecule has 1 unspecified atom stereocenters. The Labute approximate surface area is 110 Å². The van der Waals surface area contributed by atoms with Crippen LogP contribution in [0.25, 0.3) is 10.9 Å². The predicted molar refractivity (Wildman–Crippen MR) is 76.7 cm³/mol. The molecular weight excluding hydrogens is 220 g/mol. The summed E-state index contributed by atoms with van der Waals surface area (Å²) in [4.78, 5) is 0. The Hall–Kier alpha value is -1.41. The summed E-state index contributed by atoms with van der Waals surface area (Å²) >= 11 is 0. The summed E-state index contributed by atoms with van der Waals surface area (Å²) < 4.78 is 2.24. The van der Waals surface area contributed by atoms with Crippen LogP contribution in [0.3, 0.4) is 0 Å². The zero-order valence-corrected chi connectivity index (χ0v) is 11.6. The van der Waals surface area contributed by atoms with Gasteiger partial charge < -0.3 is 5.32 Å². The lowest BCUT2D eigenvalue weighted by Crippen LogP contribution is -2.29. The molecular formula is C16H23N2+. The fourth-order valence-electron chi connectivity index (χ4n) is 2.60. The summed E-state index contributed by atoms with van der Waals surface area (Å²) in [5.74, 6) is 0.691. The number of para-hydroxylation sites is 1. The maximum Gasteiger partial charge on any atom is 0.212 e. The van der Waals surface area contributed by atoms with Crippen LogP contribution in [0.15, 0.2) is 36.5 Å². The summed E-state index contributed by atoms with van der Waals surface area (Å²) in [6, 6.07) is 10.9. The second kappa shape index (κ2) is 5.96. The lowest BCUT2D eigenvalue weighted by molar-refractivity contribution is -0.645. The van der Waals surface area contributed by atoms with Gasteiger partial charge in [0.15, 0.2) is 6.20 Å². The number of aromatic nitrogens is 1. The maximum absolute atomic E-state index is 3.43. The Morgan fingerprint density at radius 2 is 2.00 bits per heavy atom. The third kappa shape index (κ3) is 2.54. The molecule has 0 saturated carbocycles. The molecule has 2 heterocycles. The van der Waals surface area contributed by atoms with Crippen molar-refractivity contribution in [1.29, 1.82) is 0 Å². The number of pyridine rings is 1. The molecule has 0 radical (unpaired) electrons. The van der Waals surface area contributed by atoms with Gasteiger partial charge in [0.25, 0.3) is 0 Å². The van der Waals surface area contributed by atoms with Crippen LogP contribution in [-0.4, -0.2) is 13.1 Å². The summed E-state index contributed by atoms with van der Waals surface area (Å²) in [7, 11) is 2.13. The quantitative estimate of drug-likeness (QED) is 0.762. The molecule has 2 aromatic rings. The molecule has 1 aromatic carbocycles. The summed E-state index contributed by atoms with van der Waals surface area (Å²) in [5.41, 5.74) is 2.77. The Bertz CT molecular complexity index is 513. The average molecular weight is 243 g/mol. The molecule has 2 nitrogen and oxygen atoms in total. The van der Waals surface area contributed by atoms with Gasteiger partial charge in [0.05, 0.1) is 0 Å². The standard InChI is InChI=1S/C14H17N2.C2H6/c1-16-10-13(12-6-7-15-9-12)8-11-4-2-3-5-14(11)16;1-2/h2-5,8,10,12,15H,6-7,9H2,1H3;1-2H3/q+1;. The van der Waals surface area contributed by atoms with Crippen LogP contribution in [0.5, 0.6) is 0 Å². The first-order valence-electron chi connectivity index (χ1n) is 6.93. The van der Waals surface area contributed by atoms with E-state index in [-0.39, 0.29) is 0 Å². The van der Waals surface area contributed by atoms with E-state index in [0.717, 1.165) is 13.1 Å². The van der Waals surface area contributed by atoms with E-state index in [0.29, 0.717) is 5.92 Å². The highest BCUT2D eigenvalue weighted by Crippen LogP contribution is 2.23. The number of hydrogen-bond acceptors (Lipinski definition) is 1. The van der Waals surface area contributed by atoms with Gasteiger partial charge in [0, 0.05) is 29.5 Å². The fraction of sp³-hybridized carbons (Fsp3) is 0.438. The number of rotatable bonds is 1. The van der Waals surface area contributed by atoms with Crippen LogP contribution >= 0.6 is 0 Å². The van der Waals surface area contributed by atoms with E-state index in [1.807, 2.05) is 13.8 Å². The second-order valence-electron chi connectivity index (χ2n) is 4.63. The normalized spacial score (nSPS) is 18.5. The van der Waals surface area contributed by atoms with Crippen molar-refractivity contribution < 1.29 is 4.57 Å². The number of aryl methyl sites for hydroxylation is 1. The molecule has 0 aliphatic carbocycles. The lowest BCUT2D eigenvalue weighted by Gasteiger charge is -2.08. The van der Waals surface area contributed by atoms with Crippen LogP contribution in [0.1, 0.15) is 31.7 Å². The van der Waals surface area contributed by atoms with Crippen molar-refractivity contribution in [1.82, 2.24) is 5.32 Å². The average Bonchev–Trinajstić information content (AvgIpc) is 2.95. The van der Waals surface area contributed by atoms with E-state index in [4.69, 9.17) is 0 Å². The van der Waals surface area contributed by atoms with Crippen molar-refractivity contribution in [3.05, 3.63) is 42.1 Å². The number of nitrogens with zero attached hydrogens (tertiary/aromatic N) is 1. The monoisotopic (exact) mass is 243 g/mol. The molecule has 0 bridgehead atoms. The van der Waals surface area contributed by atoms with Crippen molar-refractivity contribution in [2.75, 3.05) is 13.1 Å². The first-order valence-corrected chi connectivity index (χ1v) is 6.93. The van der Waals surface area contributed by atoms with E-state index in [2.05, 4.69) is 53.5 Å². The van der Waals surface area contributed by atoms with Crippen LogP contribution in [0, 0.1) is 0 Å². The van der Waals surface area contributed by atoms with Crippen molar-refractivity contribution in [3.63, 3.8) is 0 Å². The van der Waals surface area contributed by atoms with Gasteiger partial charge >= 0.3 is 0 Å². The predicted octanol–water partition coefficient (Wildman–Crippen LogP) is 2.77. The van der Waals surface area contributed by atoms with Crippen molar-refractivity contribution >= 4 is 10.9 Å². The zero-order chi connectivity index (χ0) is 13.0. The molecule has 0 amide bonds. The van der Waals surface area contributed by atoms with Crippen molar-refractivity contribution in [2.24, 2.45) is 7.05 Å². The Kier molecular flexibility index (Phi) is 4.32. The van der Waals surface area contributed by atoms with Gasteiger partial charge in [-0.3, -0.25) is 0 Å². The highest BCUT2D eigenvalue weighted by molar-refractivity contribution is 5.75. The van der Waals surface area contributed by atoms with E-state index in [1.165, 1.54) is 22.9 Å². The first-order chi connectivity index (χ1) is 8.84. The van der Waals surface area contributed by atoms with Crippen LogP contribution in [0.4, 0.5) is 0 Å². The SMILES string of the molecule is CC.C[n+]1cc(C2CCNC2)cc2ccccc21. The summed E-state index contributed by atoms with van der Waals surface area (Å²) in [6.07, 6.45) is 3.54. The number of nitrogens with one attached hydrogen (secondary N) is 1. The molecule has 0 spiro atoms. The molecule has 1 atom stereocenters. The molecule has 96 valence electrons. The topological polar surface area (TPSA) is 15.9 Å². The lowest BCUT2D eigenvalue weighted by atomic mass is 9.98. The second-order valence-corrected chi connectivity index (χ2v) is 4.63. The van der Waals surface area contributed by atoms with E-state index in [1.54, 1.807) is 0 Å². The van der Waals surface area contributed by atoms with E-state index in [9.17, 15) is 0 Å². The molecule has 1 aliphatic rings. The molecule has 18 heavy (non-hydrogen) atoms. The minimum Gasteiger partial charge on any atom is -0.316 e. The maximum atomic E-state index is 3.43. The van der Waals surface area contributed by atoms with Crippen molar-refractivity contribution in [3.8, 4) is 0 Å². The molecule has 1 aromatic heterocycles. The van der Waals surface area contributed by atoms with Gasteiger partial charge in [0.1, 0.15) is 7.05 Å². The third-order valence-corrected chi connectivity index (χ3v) is 3.51. The van der Waals surface area contributed by atoms with Crippen LogP contribution in [-0.2, 0) is 7.05 Å². The largest absolute Gasteiger partial charge is 0.316 e. The van der Waals surface area contributed by atoms with Gasteiger partial charge in [-0.05, 0) is 25.1 Å². The number of hydrogen-bond donors (Lipinski definition) is 1. The molecule has 2 heteroatoms. The van der Waals surface area contributed by atoms with E-state index >= 15 is 0 Å². The minimum atomic E-state index is 0.691. The van der Waals surface area contributed by atoms with Crippen LogP contribution in [0.2, 0.25) is 0 Å². The Morgan fingerprint density at radius 3 is 2.72 bits per heavy atom. The molecule has 1 saturated heterocycles. The minimum absolute atomic E-state index is 0.691. The Balaban J connectivity index is 0.000000574. The highest BCUT2D eigenvalue weighted by Gasteiger charge is 2.19. The van der Waals surface area contributed by atoms with Gasteiger partial charge in [-0.1, -0.05) is 26.0 Å². The van der Waals surface area contributed by atoms with Gasteiger partial charge in [-0.15, -0.1) is 0 Å².